The van der Waals surface area contributed by atoms with Gasteiger partial charge in [0, 0.05) is 6.21 Å². The van der Waals surface area contributed by atoms with Gasteiger partial charge in [-0.05, 0) is 30.9 Å². The van der Waals surface area contributed by atoms with E-state index in [2.05, 4.69) is 21.9 Å². The minimum Gasteiger partial charge on any atom is -0.306 e. The van der Waals surface area contributed by atoms with Crippen molar-refractivity contribution in [1.82, 2.24) is 9.97 Å². The van der Waals surface area contributed by atoms with Crippen LogP contribution in [0.25, 0.3) is 11.0 Å². The van der Waals surface area contributed by atoms with E-state index < -0.39 is 0 Å². The molecule has 0 spiro atoms. The fourth-order valence-electron chi connectivity index (χ4n) is 2.90. The van der Waals surface area contributed by atoms with Crippen molar-refractivity contribution >= 4 is 23.0 Å². The van der Waals surface area contributed by atoms with Crippen molar-refractivity contribution in [3.05, 3.63) is 36.2 Å². The molecule has 0 saturated heterocycles. The fraction of sp³-hybridized carbons (Fsp3) is 0.412. The number of aliphatic imine (C=N–C) groups is 1. The Morgan fingerprint density at radius 2 is 2.10 bits per heavy atom. The van der Waals surface area contributed by atoms with Crippen LogP contribution in [0.4, 0.5) is 0 Å². The van der Waals surface area contributed by atoms with E-state index in [1.807, 2.05) is 24.3 Å². The molecule has 1 fully saturated rings. The zero-order valence-corrected chi connectivity index (χ0v) is 12.3. The molecule has 3 rings (SSSR count). The van der Waals surface area contributed by atoms with Gasteiger partial charge in [0.15, 0.2) is 0 Å². The number of hydrogen-bond acceptors (Lipinski definition) is 4. The van der Waals surface area contributed by atoms with Gasteiger partial charge in [-0.15, -0.1) is 0 Å². The Morgan fingerprint density at radius 3 is 2.81 bits per heavy atom. The van der Waals surface area contributed by atoms with Gasteiger partial charge >= 0.3 is 0 Å². The van der Waals surface area contributed by atoms with E-state index in [4.69, 9.17) is 5.41 Å². The first-order chi connectivity index (χ1) is 10.3. The smallest absolute Gasteiger partial charge is 0.109 e. The van der Waals surface area contributed by atoms with Crippen LogP contribution in [-0.2, 0) is 0 Å². The second-order valence-corrected chi connectivity index (χ2v) is 5.68. The lowest BCUT2D eigenvalue weighted by molar-refractivity contribution is 0.250. The molecule has 1 aliphatic carbocycles. The van der Waals surface area contributed by atoms with E-state index in [9.17, 15) is 0 Å². The van der Waals surface area contributed by atoms with Crippen molar-refractivity contribution in [2.24, 2.45) is 10.9 Å². The molecule has 0 atom stereocenters. The number of fused-ring (bicyclic) bond motifs is 1. The van der Waals surface area contributed by atoms with Crippen LogP contribution in [0.15, 0.2) is 35.5 Å². The molecule has 0 radical (unpaired) electrons. The third kappa shape index (κ3) is 2.99. The maximum absolute atomic E-state index is 7.61. The van der Waals surface area contributed by atoms with Crippen LogP contribution in [0.1, 0.15) is 38.3 Å². The Morgan fingerprint density at radius 1 is 1.33 bits per heavy atom. The number of para-hydroxylation sites is 2. The van der Waals surface area contributed by atoms with E-state index in [0.29, 0.717) is 17.4 Å². The van der Waals surface area contributed by atoms with Crippen LogP contribution in [0.3, 0.4) is 0 Å². The van der Waals surface area contributed by atoms with Crippen LogP contribution < -0.4 is 0 Å². The molecular weight excluding hydrogens is 260 g/mol. The topological polar surface area (TPSA) is 62.0 Å². The average molecular weight is 280 g/mol. The van der Waals surface area contributed by atoms with Crippen molar-refractivity contribution in [1.29, 1.82) is 5.41 Å². The van der Waals surface area contributed by atoms with Gasteiger partial charge in [-0.1, -0.05) is 31.9 Å². The summed E-state index contributed by atoms with van der Waals surface area (Å²) in [5.74, 6) is 0.818. The molecule has 1 aromatic carbocycles. The van der Waals surface area contributed by atoms with Gasteiger partial charge in [0.25, 0.3) is 0 Å². The minimum atomic E-state index is 0.353. The second-order valence-electron chi connectivity index (χ2n) is 5.68. The van der Waals surface area contributed by atoms with Gasteiger partial charge in [-0.25, -0.2) is 4.98 Å². The molecule has 21 heavy (non-hydrogen) atoms. The Bertz CT molecular complexity index is 671. The molecule has 1 aromatic heterocycles. The Balaban J connectivity index is 1.80. The molecule has 2 aromatic rings. The summed E-state index contributed by atoms with van der Waals surface area (Å²) < 4.78 is 0. The zero-order chi connectivity index (χ0) is 14.7. The molecule has 1 saturated carbocycles. The molecule has 1 heterocycles. The summed E-state index contributed by atoms with van der Waals surface area (Å²) in [6.45, 7) is 2.23. The maximum atomic E-state index is 7.61. The molecule has 0 bridgehead atoms. The second kappa shape index (κ2) is 6.12. The Kier molecular flexibility index (Phi) is 4.04. The Labute approximate surface area is 124 Å². The number of benzene rings is 1. The van der Waals surface area contributed by atoms with Crippen LogP contribution in [0.2, 0.25) is 0 Å². The third-order valence-corrected chi connectivity index (χ3v) is 4.08. The first-order valence-corrected chi connectivity index (χ1v) is 7.60. The molecule has 1 N–H and O–H groups in total. The normalized spacial score (nSPS) is 22.0. The molecule has 4 nitrogen and oxygen atoms in total. The van der Waals surface area contributed by atoms with Gasteiger partial charge < -0.3 is 5.41 Å². The predicted molar refractivity (Wildman–Crippen MR) is 86.3 cm³/mol. The predicted octanol–water partition coefficient (Wildman–Crippen LogP) is 3.65. The lowest BCUT2D eigenvalue weighted by atomic mass is 9.78. The molecule has 4 heteroatoms. The maximum Gasteiger partial charge on any atom is 0.109 e. The number of nitrogens with zero attached hydrogens (tertiary/aromatic N) is 3. The van der Waals surface area contributed by atoms with Gasteiger partial charge in [-0.3, -0.25) is 9.98 Å². The van der Waals surface area contributed by atoms with Gasteiger partial charge in [-0.2, -0.15) is 0 Å². The number of rotatable bonds is 5. The van der Waals surface area contributed by atoms with Crippen molar-refractivity contribution in [3.63, 3.8) is 0 Å². The zero-order valence-electron chi connectivity index (χ0n) is 12.3. The SMILES string of the molecule is CCCC1CC(N=C(C=N)c2cnc3ccccc3n2)C1. The van der Waals surface area contributed by atoms with Crippen molar-refractivity contribution in [3.8, 4) is 0 Å². The largest absolute Gasteiger partial charge is 0.306 e. The summed E-state index contributed by atoms with van der Waals surface area (Å²) in [4.78, 5) is 13.6. The monoisotopic (exact) mass is 280 g/mol. The van der Waals surface area contributed by atoms with Crippen molar-refractivity contribution in [2.75, 3.05) is 0 Å². The van der Waals surface area contributed by atoms with Gasteiger partial charge in [0.05, 0.1) is 23.3 Å². The highest BCUT2D eigenvalue weighted by atomic mass is 14.9. The van der Waals surface area contributed by atoms with Crippen LogP contribution in [-0.4, -0.2) is 27.9 Å². The highest BCUT2D eigenvalue weighted by molar-refractivity contribution is 6.36. The third-order valence-electron chi connectivity index (χ3n) is 4.08. The Hall–Kier alpha value is -2.10. The first kappa shape index (κ1) is 13.9. The van der Waals surface area contributed by atoms with Crippen LogP contribution in [0.5, 0.6) is 0 Å². The summed E-state index contributed by atoms with van der Waals surface area (Å²) in [6, 6.07) is 8.13. The summed E-state index contributed by atoms with van der Waals surface area (Å²) in [7, 11) is 0. The molecule has 0 unspecified atom stereocenters. The number of aromatic nitrogens is 2. The van der Waals surface area contributed by atoms with E-state index in [1.54, 1.807) is 6.20 Å². The highest BCUT2D eigenvalue weighted by Gasteiger charge is 2.28. The molecule has 108 valence electrons. The summed E-state index contributed by atoms with van der Waals surface area (Å²) in [6.07, 6.45) is 7.84. The van der Waals surface area contributed by atoms with E-state index in [-0.39, 0.29) is 0 Å². The van der Waals surface area contributed by atoms with Crippen LogP contribution in [0, 0.1) is 11.3 Å². The standard InChI is InChI=1S/C17H20N4/c1-2-5-12-8-13(9-12)20-16(10-18)17-11-19-14-6-3-4-7-15(14)21-17/h3-4,6-7,10-13,18H,2,5,8-9H2,1H3. The van der Waals surface area contributed by atoms with Crippen LogP contribution >= 0.6 is 0 Å². The van der Waals surface area contributed by atoms with E-state index in [1.165, 1.54) is 19.1 Å². The molecule has 0 amide bonds. The lowest BCUT2D eigenvalue weighted by Crippen LogP contribution is -2.28. The molecular formula is C17H20N4. The van der Waals surface area contributed by atoms with Gasteiger partial charge in [0.1, 0.15) is 11.4 Å². The summed E-state index contributed by atoms with van der Waals surface area (Å²) >= 11 is 0. The van der Waals surface area contributed by atoms with Gasteiger partial charge in [0.2, 0.25) is 0 Å². The van der Waals surface area contributed by atoms with E-state index in [0.717, 1.165) is 29.8 Å². The lowest BCUT2D eigenvalue weighted by Gasteiger charge is -2.32. The minimum absolute atomic E-state index is 0.353. The van der Waals surface area contributed by atoms with Crippen molar-refractivity contribution in [2.45, 2.75) is 38.6 Å². The first-order valence-electron chi connectivity index (χ1n) is 7.60. The van der Waals surface area contributed by atoms with Crippen molar-refractivity contribution < 1.29 is 0 Å². The fourth-order valence-corrected chi connectivity index (χ4v) is 2.90. The number of nitrogens with one attached hydrogen (secondary N) is 1. The quantitative estimate of drug-likeness (QED) is 0.850. The molecule has 1 aliphatic rings. The summed E-state index contributed by atoms with van der Waals surface area (Å²) in [5.41, 5.74) is 3.06. The van der Waals surface area contributed by atoms with E-state index >= 15 is 0 Å². The highest BCUT2D eigenvalue weighted by Crippen LogP contribution is 2.33. The molecule has 0 aliphatic heterocycles. The average Bonchev–Trinajstić information content (AvgIpc) is 2.49. The summed E-state index contributed by atoms with van der Waals surface area (Å²) in [5, 5.41) is 7.61. The number of hydrogen-bond donors (Lipinski definition) is 1.